The normalized spacial score (nSPS) is 22.1. The zero-order valence-corrected chi connectivity index (χ0v) is 12.0. The Morgan fingerprint density at radius 3 is 2.89 bits per heavy atom. The first-order valence-electron chi connectivity index (χ1n) is 7.33. The summed E-state index contributed by atoms with van der Waals surface area (Å²) in [5.74, 6) is 0.502. The first-order chi connectivity index (χ1) is 9.08. The maximum absolute atomic E-state index is 13.2. The predicted octanol–water partition coefficient (Wildman–Crippen LogP) is 3.34. The molecule has 1 saturated heterocycles. The Labute approximate surface area is 115 Å². The first kappa shape index (κ1) is 14.5. The molecule has 0 aromatic heterocycles. The number of nitrogens with zero attached hydrogens (tertiary/aromatic N) is 1. The molecule has 19 heavy (non-hydrogen) atoms. The van der Waals surface area contributed by atoms with E-state index in [-0.39, 0.29) is 11.9 Å². The summed E-state index contributed by atoms with van der Waals surface area (Å²) in [6, 6.07) is 7.29. The van der Waals surface area contributed by atoms with Crippen LogP contribution < -0.4 is 5.73 Å². The molecule has 2 N–H and O–H groups in total. The van der Waals surface area contributed by atoms with E-state index in [9.17, 15) is 4.39 Å². The molecule has 2 atom stereocenters. The van der Waals surface area contributed by atoms with Crippen molar-refractivity contribution >= 4 is 0 Å². The van der Waals surface area contributed by atoms with Crippen molar-refractivity contribution in [3.63, 3.8) is 0 Å². The predicted molar refractivity (Wildman–Crippen MR) is 77.4 cm³/mol. The monoisotopic (exact) mass is 264 g/mol. The Kier molecular flexibility index (Phi) is 4.94. The van der Waals surface area contributed by atoms with Crippen LogP contribution in [0.5, 0.6) is 0 Å². The van der Waals surface area contributed by atoms with Gasteiger partial charge in [-0.05, 0) is 49.4 Å². The van der Waals surface area contributed by atoms with Gasteiger partial charge < -0.3 is 10.6 Å². The summed E-state index contributed by atoms with van der Waals surface area (Å²) in [5.41, 5.74) is 7.07. The van der Waals surface area contributed by atoms with Crippen LogP contribution in [0.15, 0.2) is 24.3 Å². The van der Waals surface area contributed by atoms with Crippen LogP contribution in [0.25, 0.3) is 0 Å². The molecule has 3 heteroatoms. The summed E-state index contributed by atoms with van der Waals surface area (Å²) in [7, 11) is 0. The number of benzene rings is 1. The van der Waals surface area contributed by atoms with Crippen molar-refractivity contribution in [3.05, 3.63) is 35.6 Å². The fourth-order valence-electron chi connectivity index (χ4n) is 3.09. The number of hydrogen-bond acceptors (Lipinski definition) is 2. The molecule has 1 aromatic carbocycles. The van der Waals surface area contributed by atoms with Gasteiger partial charge in [0.15, 0.2) is 0 Å². The van der Waals surface area contributed by atoms with Crippen molar-refractivity contribution in [2.45, 2.75) is 45.2 Å². The van der Waals surface area contributed by atoms with E-state index in [2.05, 4.69) is 18.7 Å². The van der Waals surface area contributed by atoms with Gasteiger partial charge in [-0.25, -0.2) is 4.39 Å². The lowest BCUT2D eigenvalue weighted by Crippen LogP contribution is -2.35. The molecule has 0 amide bonds. The van der Waals surface area contributed by atoms with Crippen molar-refractivity contribution < 1.29 is 4.39 Å². The highest BCUT2D eigenvalue weighted by molar-refractivity contribution is 5.19. The summed E-state index contributed by atoms with van der Waals surface area (Å²) in [6.45, 7) is 6.77. The molecule has 1 heterocycles. The van der Waals surface area contributed by atoms with E-state index in [1.54, 1.807) is 12.1 Å². The van der Waals surface area contributed by atoms with Gasteiger partial charge in [0.25, 0.3) is 0 Å². The highest BCUT2D eigenvalue weighted by Crippen LogP contribution is 2.25. The molecule has 1 aromatic rings. The van der Waals surface area contributed by atoms with Crippen LogP contribution in [0.2, 0.25) is 0 Å². The molecule has 2 rings (SSSR count). The molecule has 0 saturated carbocycles. The molecule has 2 nitrogen and oxygen atoms in total. The zero-order valence-electron chi connectivity index (χ0n) is 12.0. The summed E-state index contributed by atoms with van der Waals surface area (Å²) < 4.78 is 13.2. The van der Waals surface area contributed by atoms with Crippen LogP contribution in [-0.4, -0.2) is 24.0 Å². The Balaban J connectivity index is 1.88. The van der Waals surface area contributed by atoms with Crippen LogP contribution in [0.4, 0.5) is 4.39 Å². The van der Waals surface area contributed by atoms with Crippen molar-refractivity contribution in [1.82, 2.24) is 4.90 Å². The third-order valence-electron chi connectivity index (χ3n) is 4.19. The fraction of sp³-hybridized carbons (Fsp3) is 0.625. The molecule has 0 aliphatic carbocycles. The van der Waals surface area contributed by atoms with Gasteiger partial charge in [-0.3, -0.25) is 0 Å². The van der Waals surface area contributed by atoms with Crippen LogP contribution in [0.1, 0.15) is 44.7 Å². The van der Waals surface area contributed by atoms with E-state index >= 15 is 0 Å². The highest BCUT2D eigenvalue weighted by atomic mass is 19.1. The summed E-state index contributed by atoms with van der Waals surface area (Å²) in [4.78, 5) is 2.55. The minimum absolute atomic E-state index is 0.0656. The average molecular weight is 264 g/mol. The minimum Gasteiger partial charge on any atom is -0.324 e. The third kappa shape index (κ3) is 3.77. The molecule has 0 bridgehead atoms. The second-order valence-electron chi connectivity index (χ2n) is 5.94. The molecule has 0 spiro atoms. The van der Waals surface area contributed by atoms with E-state index in [1.165, 1.54) is 25.5 Å². The first-order valence-corrected chi connectivity index (χ1v) is 7.33. The van der Waals surface area contributed by atoms with Gasteiger partial charge in [0.05, 0.1) is 0 Å². The number of halogens is 1. The van der Waals surface area contributed by atoms with E-state index in [4.69, 9.17) is 5.73 Å². The molecular weight excluding hydrogens is 239 g/mol. The summed E-state index contributed by atoms with van der Waals surface area (Å²) in [5, 5.41) is 0. The van der Waals surface area contributed by atoms with Crippen molar-refractivity contribution in [1.29, 1.82) is 0 Å². The van der Waals surface area contributed by atoms with E-state index in [1.807, 2.05) is 6.07 Å². The molecule has 2 unspecified atom stereocenters. The second-order valence-corrected chi connectivity index (χ2v) is 5.94. The number of likely N-dealkylation sites (tertiary alicyclic amines) is 1. The lowest BCUT2D eigenvalue weighted by atomic mass is 10.0. The number of hydrogen-bond donors (Lipinski definition) is 1. The maximum atomic E-state index is 13.2. The van der Waals surface area contributed by atoms with Gasteiger partial charge in [-0.15, -0.1) is 0 Å². The smallest absolute Gasteiger partial charge is 0.123 e. The largest absolute Gasteiger partial charge is 0.324 e. The van der Waals surface area contributed by atoms with Crippen LogP contribution in [0, 0.1) is 11.7 Å². The van der Waals surface area contributed by atoms with Crippen LogP contribution in [0.3, 0.4) is 0 Å². The van der Waals surface area contributed by atoms with E-state index in [0.717, 1.165) is 18.5 Å². The quantitative estimate of drug-likeness (QED) is 0.884. The molecule has 1 fully saturated rings. The summed E-state index contributed by atoms with van der Waals surface area (Å²) >= 11 is 0. The highest BCUT2D eigenvalue weighted by Gasteiger charge is 2.26. The molecule has 1 aliphatic rings. The van der Waals surface area contributed by atoms with Gasteiger partial charge in [0, 0.05) is 18.6 Å². The lowest BCUT2D eigenvalue weighted by Gasteiger charge is -2.28. The van der Waals surface area contributed by atoms with Gasteiger partial charge in [0.2, 0.25) is 0 Å². The second kappa shape index (κ2) is 6.49. The SMILES string of the molecule is CC(C)C1CCCN1CCC(N)c1cccc(F)c1. The maximum Gasteiger partial charge on any atom is 0.123 e. The van der Waals surface area contributed by atoms with Gasteiger partial charge in [0.1, 0.15) is 5.82 Å². The van der Waals surface area contributed by atoms with Crippen LogP contribution >= 0.6 is 0 Å². The topological polar surface area (TPSA) is 29.3 Å². The van der Waals surface area contributed by atoms with E-state index in [0.29, 0.717) is 12.0 Å². The third-order valence-corrected chi connectivity index (χ3v) is 4.19. The van der Waals surface area contributed by atoms with Crippen LogP contribution in [-0.2, 0) is 0 Å². The standard InChI is InChI=1S/C16H25FN2/c1-12(2)16-7-4-9-19(16)10-8-15(18)13-5-3-6-14(17)11-13/h3,5-6,11-12,15-16H,4,7-10,18H2,1-2H3. The Morgan fingerprint density at radius 1 is 1.42 bits per heavy atom. The minimum atomic E-state index is -0.200. The fourth-order valence-corrected chi connectivity index (χ4v) is 3.09. The Hall–Kier alpha value is -0.930. The number of rotatable bonds is 5. The van der Waals surface area contributed by atoms with Crippen molar-refractivity contribution in [2.24, 2.45) is 11.7 Å². The Morgan fingerprint density at radius 2 is 2.21 bits per heavy atom. The molecule has 1 aliphatic heterocycles. The van der Waals surface area contributed by atoms with Gasteiger partial charge >= 0.3 is 0 Å². The molecule has 106 valence electrons. The molecule has 0 radical (unpaired) electrons. The lowest BCUT2D eigenvalue weighted by molar-refractivity contribution is 0.200. The number of nitrogens with two attached hydrogens (primary N) is 1. The Bertz CT molecular complexity index is 405. The van der Waals surface area contributed by atoms with E-state index < -0.39 is 0 Å². The zero-order chi connectivity index (χ0) is 13.8. The van der Waals surface area contributed by atoms with Gasteiger partial charge in [-0.1, -0.05) is 26.0 Å². The average Bonchev–Trinajstić information content (AvgIpc) is 2.84. The molecular formula is C16H25FN2. The van der Waals surface area contributed by atoms with Crippen molar-refractivity contribution in [2.75, 3.05) is 13.1 Å². The summed E-state index contributed by atoms with van der Waals surface area (Å²) in [6.07, 6.45) is 3.48. The van der Waals surface area contributed by atoms with Crippen molar-refractivity contribution in [3.8, 4) is 0 Å². The van der Waals surface area contributed by atoms with Gasteiger partial charge in [-0.2, -0.15) is 0 Å².